The van der Waals surface area contributed by atoms with Crippen molar-refractivity contribution in [3.63, 3.8) is 0 Å². The van der Waals surface area contributed by atoms with Gasteiger partial charge in [-0.1, -0.05) is 27.7 Å². The Morgan fingerprint density at radius 1 is 1.44 bits per heavy atom. The third-order valence-corrected chi connectivity index (χ3v) is 3.69. The summed E-state index contributed by atoms with van der Waals surface area (Å²) >= 11 is 5.05. The number of hydrogen-bond donors (Lipinski definition) is 1. The highest BCUT2D eigenvalue weighted by molar-refractivity contribution is 9.10. The molecule has 0 amide bonds. The third-order valence-electron chi connectivity index (χ3n) is 2.07. The van der Waals surface area contributed by atoms with E-state index in [0.717, 1.165) is 23.0 Å². The number of rotatable bonds is 3. The number of H-pyrrole nitrogens is 1. The van der Waals surface area contributed by atoms with E-state index in [9.17, 15) is 4.79 Å². The van der Waals surface area contributed by atoms with E-state index in [-0.39, 0.29) is 11.0 Å². The topological polar surface area (TPSA) is 45.8 Å². The van der Waals surface area contributed by atoms with Crippen molar-refractivity contribution in [1.29, 1.82) is 0 Å². The molecule has 0 saturated carbocycles. The van der Waals surface area contributed by atoms with Gasteiger partial charge in [0, 0.05) is 5.41 Å². The quantitative estimate of drug-likeness (QED) is 0.933. The molecule has 5 heteroatoms. The first kappa shape index (κ1) is 13.8. The number of nitrogens with one attached hydrogen (secondary N) is 1. The van der Waals surface area contributed by atoms with Crippen molar-refractivity contribution in [2.45, 2.75) is 38.9 Å². The van der Waals surface area contributed by atoms with Crippen LogP contribution in [0.25, 0.3) is 0 Å². The van der Waals surface area contributed by atoms with Crippen molar-refractivity contribution in [2.24, 2.45) is 0 Å². The van der Waals surface area contributed by atoms with Gasteiger partial charge in [-0.15, -0.1) is 0 Å². The maximum atomic E-state index is 11.7. The van der Waals surface area contributed by atoms with E-state index in [1.165, 1.54) is 0 Å². The summed E-state index contributed by atoms with van der Waals surface area (Å²) in [6.07, 6.45) is 0. The SMILES string of the molecule is CCSCc1nc(C(C)(C)C)c(Br)c(=O)[nH]1. The Morgan fingerprint density at radius 3 is 2.56 bits per heavy atom. The zero-order chi connectivity index (χ0) is 12.3. The number of aromatic amines is 1. The number of halogens is 1. The zero-order valence-corrected chi connectivity index (χ0v) is 12.5. The average molecular weight is 305 g/mol. The number of aromatic nitrogens is 2. The standard InChI is InChI=1S/C11H17BrN2OS/c1-5-16-6-7-13-9(11(2,3)4)8(12)10(15)14-7/h5-6H2,1-4H3,(H,13,14,15). The largest absolute Gasteiger partial charge is 0.309 e. The van der Waals surface area contributed by atoms with Crippen LogP contribution in [0.15, 0.2) is 9.27 Å². The first-order chi connectivity index (χ1) is 7.36. The Morgan fingerprint density at radius 2 is 2.06 bits per heavy atom. The molecule has 0 aliphatic rings. The minimum absolute atomic E-state index is 0.0911. The minimum Gasteiger partial charge on any atom is -0.309 e. The summed E-state index contributed by atoms with van der Waals surface area (Å²) in [5.41, 5.74) is 0.605. The van der Waals surface area contributed by atoms with Crippen LogP contribution in [0.3, 0.4) is 0 Å². The molecule has 0 spiro atoms. The number of nitrogens with zero attached hydrogens (tertiary/aromatic N) is 1. The molecule has 1 heterocycles. The Bertz CT molecular complexity index is 423. The van der Waals surface area contributed by atoms with Crippen LogP contribution < -0.4 is 5.56 Å². The van der Waals surface area contributed by atoms with Crippen LogP contribution in [0, 0.1) is 0 Å². The van der Waals surface area contributed by atoms with E-state index in [1.807, 2.05) is 0 Å². The smallest absolute Gasteiger partial charge is 0.265 e. The fraction of sp³-hybridized carbons (Fsp3) is 0.636. The van der Waals surface area contributed by atoms with E-state index in [1.54, 1.807) is 11.8 Å². The second-order valence-electron chi connectivity index (χ2n) is 4.56. The lowest BCUT2D eigenvalue weighted by molar-refractivity contribution is 0.558. The van der Waals surface area contributed by atoms with Gasteiger partial charge in [-0.2, -0.15) is 11.8 Å². The van der Waals surface area contributed by atoms with Crippen LogP contribution >= 0.6 is 27.7 Å². The van der Waals surface area contributed by atoms with Gasteiger partial charge in [-0.3, -0.25) is 4.79 Å². The summed E-state index contributed by atoms with van der Waals surface area (Å²) in [4.78, 5) is 19.0. The lowest BCUT2D eigenvalue weighted by atomic mass is 9.92. The van der Waals surface area contributed by atoms with Gasteiger partial charge >= 0.3 is 0 Å². The summed E-state index contributed by atoms with van der Waals surface area (Å²) in [7, 11) is 0. The molecule has 90 valence electrons. The Hall–Kier alpha value is -0.290. The molecule has 0 saturated heterocycles. The van der Waals surface area contributed by atoms with Crippen molar-refractivity contribution >= 4 is 27.7 Å². The van der Waals surface area contributed by atoms with Crippen molar-refractivity contribution in [2.75, 3.05) is 5.75 Å². The van der Waals surface area contributed by atoms with E-state index in [2.05, 4.69) is 53.6 Å². The molecule has 1 rings (SSSR count). The molecule has 1 aromatic rings. The van der Waals surface area contributed by atoms with E-state index < -0.39 is 0 Å². The van der Waals surface area contributed by atoms with Gasteiger partial charge in [0.1, 0.15) is 10.3 Å². The molecule has 0 atom stereocenters. The molecular formula is C11H17BrN2OS. The highest BCUT2D eigenvalue weighted by atomic mass is 79.9. The molecule has 0 bridgehead atoms. The molecule has 0 fully saturated rings. The van der Waals surface area contributed by atoms with Crippen molar-refractivity contribution < 1.29 is 0 Å². The third kappa shape index (κ3) is 3.35. The number of thioether (sulfide) groups is 1. The van der Waals surface area contributed by atoms with Crippen LogP contribution in [0.2, 0.25) is 0 Å². The first-order valence-corrected chi connectivity index (χ1v) is 7.18. The zero-order valence-electron chi connectivity index (χ0n) is 10.1. The highest BCUT2D eigenvalue weighted by Gasteiger charge is 2.21. The Balaban J connectivity index is 3.18. The molecule has 0 aliphatic heterocycles. The highest BCUT2D eigenvalue weighted by Crippen LogP contribution is 2.25. The summed E-state index contributed by atoms with van der Waals surface area (Å²) < 4.78 is 0.547. The minimum atomic E-state index is -0.126. The molecule has 0 aromatic carbocycles. The lowest BCUT2D eigenvalue weighted by Gasteiger charge is -2.19. The summed E-state index contributed by atoms with van der Waals surface area (Å²) in [6, 6.07) is 0. The van der Waals surface area contributed by atoms with Crippen molar-refractivity contribution in [3.8, 4) is 0 Å². The van der Waals surface area contributed by atoms with Gasteiger partial charge in [0.25, 0.3) is 5.56 Å². The maximum Gasteiger partial charge on any atom is 0.265 e. The summed E-state index contributed by atoms with van der Waals surface area (Å²) in [5, 5.41) is 0. The average Bonchev–Trinajstić information content (AvgIpc) is 2.17. The van der Waals surface area contributed by atoms with Crippen molar-refractivity contribution in [3.05, 3.63) is 26.3 Å². The van der Waals surface area contributed by atoms with E-state index in [0.29, 0.717) is 4.47 Å². The van der Waals surface area contributed by atoms with Gasteiger partial charge < -0.3 is 4.98 Å². The fourth-order valence-corrected chi connectivity index (χ4v) is 2.59. The second-order valence-corrected chi connectivity index (χ2v) is 6.63. The molecule has 0 unspecified atom stereocenters. The summed E-state index contributed by atoms with van der Waals surface area (Å²) in [5.74, 6) is 2.53. The van der Waals surface area contributed by atoms with Gasteiger partial charge in [-0.25, -0.2) is 4.98 Å². The Labute approximate surface area is 109 Å². The molecular weight excluding hydrogens is 288 g/mol. The van der Waals surface area contributed by atoms with Crippen LogP contribution in [0.5, 0.6) is 0 Å². The molecule has 16 heavy (non-hydrogen) atoms. The predicted molar refractivity (Wildman–Crippen MR) is 73.1 cm³/mol. The van der Waals surface area contributed by atoms with Crippen LogP contribution in [-0.4, -0.2) is 15.7 Å². The van der Waals surface area contributed by atoms with Crippen LogP contribution in [0.4, 0.5) is 0 Å². The molecule has 3 nitrogen and oxygen atoms in total. The predicted octanol–water partition coefficient (Wildman–Crippen LogP) is 3.08. The first-order valence-electron chi connectivity index (χ1n) is 5.23. The normalized spacial score (nSPS) is 11.8. The molecule has 0 aliphatic carbocycles. The van der Waals surface area contributed by atoms with Gasteiger partial charge in [0.2, 0.25) is 0 Å². The summed E-state index contributed by atoms with van der Waals surface area (Å²) in [6.45, 7) is 8.25. The van der Waals surface area contributed by atoms with Gasteiger partial charge in [0.15, 0.2) is 0 Å². The van der Waals surface area contributed by atoms with E-state index in [4.69, 9.17) is 0 Å². The fourth-order valence-electron chi connectivity index (χ4n) is 1.27. The number of hydrogen-bond acceptors (Lipinski definition) is 3. The molecule has 0 radical (unpaired) electrons. The lowest BCUT2D eigenvalue weighted by Crippen LogP contribution is -2.23. The van der Waals surface area contributed by atoms with Crippen LogP contribution in [0.1, 0.15) is 39.2 Å². The van der Waals surface area contributed by atoms with Crippen molar-refractivity contribution in [1.82, 2.24) is 9.97 Å². The Kier molecular flexibility index (Phi) is 4.62. The molecule has 1 aromatic heterocycles. The van der Waals surface area contributed by atoms with Crippen LogP contribution in [-0.2, 0) is 11.2 Å². The monoisotopic (exact) mass is 304 g/mol. The van der Waals surface area contributed by atoms with Gasteiger partial charge in [-0.05, 0) is 21.7 Å². The second kappa shape index (κ2) is 5.36. The molecule has 1 N–H and O–H groups in total. The maximum absolute atomic E-state index is 11.7. The van der Waals surface area contributed by atoms with E-state index >= 15 is 0 Å². The van der Waals surface area contributed by atoms with Gasteiger partial charge in [0.05, 0.1) is 11.4 Å².